The van der Waals surface area contributed by atoms with Crippen LogP contribution in [0.5, 0.6) is 0 Å². The van der Waals surface area contributed by atoms with Crippen molar-refractivity contribution >= 4 is 17.9 Å². The summed E-state index contributed by atoms with van der Waals surface area (Å²) < 4.78 is 22.8. The Kier molecular flexibility index (Phi) is 50.1. The van der Waals surface area contributed by atoms with Gasteiger partial charge in [-0.25, -0.2) is 4.79 Å². The second-order valence-electron chi connectivity index (χ2n) is 20.6. The molecule has 0 heterocycles. The Balaban J connectivity index is 4.00. The number of quaternary nitrogens is 1. The fourth-order valence-corrected chi connectivity index (χ4v) is 8.10. The molecule has 0 aromatic rings. The molecule has 406 valence electrons. The van der Waals surface area contributed by atoms with Gasteiger partial charge in [-0.15, -0.1) is 0 Å². The average Bonchev–Trinajstić information content (AvgIpc) is 3.33. The molecule has 0 aliphatic heterocycles. The van der Waals surface area contributed by atoms with E-state index in [1.807, 2.05) is 21.1 Å². The Morgan fingerprint density at radius 2 is 0.814 bits per heavy atom. The van der Waals surface area contributed by atoms with Crippen molar-refractivity contribution in [3.63, 3.8) is 0 Å². The van der Waals surface area contributed by atoms with Gasteiger partial charge in [0.25, 0.3) is 6.29 Å². The second kappa shape index (κ2) is 52.3. The highest BCUT2D eigenvalue weighted by Gasteiger charge is 2.25. The molecular formula is C61H110NO8+. The lowest BCUT2D eigenvalue weighted by Gasteiger charge is -2.25. The minimum atomic E-state index is -1.51. The number of esters is 2. The first-order chi connectivity index (χ1) is 34.1. The summed E-state index contributed by atoms with van der Waals surface area (Å²) in [6.45, 7) is 4.76. The molecule has 0 aromatic carbocycles. The topological polar surface area (TPSA) is 108 Å². The molecule has 70 heavy (non-hydrogen) atoms. The van der Waals surface area contributed by atoms with Crippen molar-refractivity contribution in [3.8, 4) is 0 Å². The Morgan fingerprint density at radius 1 is 0.443 bits per heavy atom. The fraction of sp³-hybridized carbons (Fsp3) is 0.787. The first-order valence-corrected chi connectivity index (χ1v) is 29.0. The number of rotatable bonds is 53. The SMILES string of the molecule is CC/C=C\C/C=C\C/C=C\C/C=C\C/C=C\CCCCCCCCCCCCCCCCCCCCCC(=O)OC(COC(=O)CCCCCCCCCCCC)COC(OCC[N+](C)(C)C)C(=O)O. The molecule has 0 aliphatic carbocycles. The van der Waals surface area contributed by atoms with Crippen molar-refractivity contribution in [1.82, 2.24) is 0 Å². The second-order valence-corrected chi connectivity index (χ2v) is 20.6. The van der Waals surface area contributed by atoms with Crippen LogP contribution >= 0.6 is 0 Å². The van der Waals surface area contributed by atoms with Gasteiger partial charge >= 0.3 is 17.9 Å². The molecule has 0 bridgehead atoms. The molecule has 0 rings (SSSR count). The lowest BCUT2D eigenvalue weighted by Crippen LogP contribution is -2.40. The molecule has 9 heteroatoms. The highest BCUT2D eigenvalue weighted by Crippen LogP contribution is 2.17. The number of ether oxygens (including phenoxy) is 4. The first kappa shape index (κ1) is 67.0. The van der Waals surface area contributed by atoms with E-state index in [1.165, 1.54) is 154 Å². The third-order valence-electron chi connectivity index (χ3n) is 12.5. The number of aliphatic carboxylic acids is 1. The monoisotopic (exact) mass is 985 g/mol. The van der Waals surface area contributed by atoms with Gasteiger partial charge in [0.1, 0.15) is 13.2 Å². The van der Waals surface area contributed by atoms with Crippen LogP contribution in [0.3, 0.4) is 0 Å². The summed E-state index contributed by atoms with van der Waals surface area (Å²) in [4.78, 5) is 37.2. The van der Waals surface area contributed by atoms with Crippen molar-refractivity contribution in [1.29, 1.82) is 0 Å². The van der Waals surface area contributed by atoms with Crippen LogP contribution in [0.4, 0.5) is 0 Å². The molecule has 9 nitrogen and oxygen atoms in total. The molecule has 0 spiro atoms. The zero-order chi connectivity index (χ0) is 51.3. The van der Waals surface area contributed by atoms with Crippen molar-refractivity contribution in [2.45, 2.75) is 264 Å². The first-order valence-electron chi connectivity index (χ1n) is 29.0. The third kappa shape index (κ3) is 52.8. The van der Waals surface area contributed by atoms with Crippen LogP contribution in [-0.4, -0.2) is 87.4 Å². The van der Waals surface area contributed by atoms with Gasteiger partial charge in [-0.1, -0.05) is 242 Å². The van der Waals surface area contributed by atoms with Gasteiger partial charge in [0.05, 0.1) is 34.4 Å². The van der Waals surface area contributed by atoms with E-state index in [4.69, 9.17) is 18.9 Å². The Morgan fingerprint density at radius 3 is 1.21 bits per heavy atom. The highest BCUT2D eigenvalue weighted by molar-refractivity contribution is 5.71. The van der Waals surface area contributed by atoms with Crippen LogP contribution in [0, 0.1) is 0 Å². The van der Waals surface area contributed by atoms with E-state index < -0.39 is 24.3 Å². The predicted molar refractivity (Wildman–Crippen MR) is 295 cm³/mol. The van der Waals surface area contributed by atoms with Crippen LogP contribution in [0.25, 0.3) is 0 Å². The summed E-state index contributed by atoms with van der Waals surface area (Å²) in [5.74, 6) is -2.00. The summed E-state index contributed by atoms with van der Waals surface area (Å²) in [5, 5.41) is 9.67. The van der Waals surface area contributed by atoms with E-state index >= 15 is 0 Å². The van der Waals surface area contributed by atoms with Crippen LogP contribution in [0.15, 0.2) is 60.8 Å². The molecule has 0 amide bonds. The third-order valence-corrected chi connectivity index (χ3v) is 12.5. The number of carboxylic acids is 1. The van der Waals surface area contributed by atoms with Gasteiger partial charge in [0, 0.05) is 12.8 Å². The standard InChI is InChI=1S/C61H109NO8/c1-6-8-10-12-14-16-18-19-20-21-22-23-24-25-26-27-28-29-30-31-32-33-34-35-36-37-38-39-40-41-42-44-46-48-50-52-59(64)70-57(56-69-61(60(65)66)67-54-53-62(3,4)5)55-68-58(63)51-49-47-45-43-17-15-13-11-9-7-2/h8,10,14,16,19-20,22-23,25-26,57,61H,6-7,9,11-13,15,17-18,21,24,27-56H2,1-5H3/p+1/b10-8-,16-14-,20-19-,23-22-,26-25-. The molecule has 2 unspecified atom stereocenters. The zero-order valence-electron chi connectivity index (χ0n) is 46.2. The van der Waals surface area contributed by atoms with E-state index in [9.17, 15) is 19.5 Å². The molecule has 0 saturated heterocycles. The lowest BCUT2D eigenvalue weighted by atomic mass is 10.0. The van der Waals surface area contributed by atoms with Gasteiger partial charge in [-0.05, 0) is 57.8 Å². The number of nitrogens with zero attached hydrogens (tertiary/aromatic N) is 1. The molecule has 2 atom stereocenters. The Bertz CT molecular complexity index is 1330. The normalized spacial score (nSPS) is 13.2. The Labute approximate surface area is 431 Å². The molecule has 0 fully saturated rings. The number of likely N-dealkylation sites (N-methyl/N-ethyl adjacent to an activating group) is 1. The van der Waals surface area contributed by atoms with Gasteiger partial charge in [0.15, 0.2) is 6.10 Å². The van der Waals surface area contributed by atoms with Gasteiger partial charge in [0.2, 0.25) is 0 Å². The summed E-state index contributed by atoms with van der Waals surface area (Å²) in [7, 11) is 5.97. The molecule has 1 N–H and O–H groups in total. The maximum absolute atomic E-state index is 12.8. The molecule has 0 aromatic heterocycles. The van der Waals surface area contributed by atoms with Gasteiger partial charge in [-0.2, -0.15) is 0 Å². The molecule has 0 radical (unpaired) electrons. The number of hydrogen-bond acceptors (Lipinski definition) is 7. The maximum Gasteiger partial charge on any atom is 0.361 e. The van der Waals surface area contributed by atoms with E-state index in [1.54, 1.807) is 0 Å². The van der Waals surface area contributed by atoms with Crippen molar-refractivity contribution in [2.24, 2.45) is 0 Å². The molecular weight excluding hydrogens is 875 g/mol. The highest BCUT2D eigenvalue weighted by atomic mass is 16.7. The number of carbonyl (C=O) groups excluding carboxylic acids is 2. The largest absolute Gasteiger partial charge is 0.477 e. The predicted octanol–water partition coefficient (Wildman–Crippen LogP) is 16.8. The summed E-state index contributed by atoms with van der Waals surface area (Å²) >= 11 is 0. The number of carbonyl (C=O) groups is 3. The Hall–Kier alpha value is -3.01. The molecule has 0 saturated carbocycles. The van der Waals surface area contributed by atoms with E-state index in [2.05, 4.69) is 74.6 Å². The van der Waals surface area contributed by atoms with Crippen molar-refractivity contribution in [3.05, 3.63) is 60.8 Å². The average molecular weight is 986 g/mol. The van der Waals surface area contributed by atoms with Crippen molar-refractivity contribution in [2.75, 3.05) is 47.5 Å². The van der Waals surface area contributed by atoms with E-state index in [0.29, 0.717) is 17.4 Å². The summed E-state index contributed by atoms with van der Waals surface area (Å²) in [6.07, 6.45) is 63.2. The summed E-state index contributed by atoms with van der Waals surface area (Å²) in [5.41, 5.74) is 0. The van der Waals surface area contributed by atoms with Crippen LogP contribution in [0.1, 0.15) is 251 Å². The number of allylic oxidation sites excluding steroid dienone is 10. The summed E-state index contributed by atoms with van der Waals surface area (Å²) in [6, 6.07) is 0. The van der Waals surface area contributed by atoms with Crippen LogP contribution < -0.4 is 0 Å². The zero-order valence-corrected chi connectivity index (χ0v) is 46.2. The minimum absolute atomic E-state index is 0.178. The number of unbranched alkanes of at least 4 members (excludes halogenated alkanes) is 28. The fourth-order valence-electron chi connectivity index (χ4n) is 8.10. The van der Waals surface area contributed by atoms with Crippen LogP contribution in [0.2, 0.25) is 0 Å². The maximum atomic E-state index is 12.8. The molecule has 0 aliphatic rings. The smallest absolute Gasteiger partial charge is 0.361 e. The lowest BCUT2D eigenvalue weighted by molar-refractivity contribution is -0.870. The number of carboxylic acid groups (broad SMARTS) is 1. The van der Waals surface area contributed by atoms with Gasteiger partial charge < -0.3 is 28.5 Å². The van der Waals surface area contributed by atoms with E-state index in [-0.39, 0.29) is 32.2 Å². The van der Waals surface area contributed by atoms with E-state index in [0.717, 1.165) is 70.6 Å². The number of hydrogen-bond donors (Lipinski definition) is 1. The quantitative estimate of drug-likeness (QED) is 0.0211. The minimum Gasteiger partial charge on any atom is -0.477 e. The van der Waals surface area contributed by atoms with Gasteiger partial charge in [-0.3, -0.25) is 9.59 Å². The van der Waals surface area contributed by atoms with Crippen LogP contribution in [-0.2, 0) is 33.3 Å². The van der Waals surface area contributed by atoms with Crippen molar-refractivity contribution < 1.29 is 42.9 Å².